The summed E-state index contributed by atoms with van der Waals surface area (Å²) in [6, 6.07) is 3.77. The molecule has 0 heterocycles. The molecule has 17 heavy (non-hydrogen) atoms. The molecular formula is C11H12N2O4. The molecule has 4 N–H and O–H groups in total. The van der Waals surface area contributed by atoms with Crippen LogP contribution in [0.2, 0.25) is 0 Å². The molecule has 0 fully saturated rings. The summed E-state index contributed by atoms with van der Waals surface area (Å²) in [7, 11) is 1.33. The Hall–Kier alpha value is -2.26. The molecule has 1 unspecified atom stereocenters. The lowest BCUT2D eigenvalue weighted by Gasteiger charge is -2.12. The number of carbonyl (C=O) groups is 1. The second-order valence-electron chi connectivity index (χ2n) is 3.44. The Kier molecular flexibility index (Phi) is 3.91. The number of rotatable bonds is 4. The number of aliphatic carboxylic acids is 1. The van der Waals surface area contributed by atoms with Crippen LogP contribution in [0.1, 0.15) is 23.6 Å². The predicted molar refractivity (Wildman–Crippen MR) is 58.6 cm³/mol. The molecule has 0 aliphatic heterocycles. The molecular weight excluding hydrogens is 224 g/mol. The maximum Gasteiger partial charge on any atom is 0.305 e. The Morgan fingerprint density at radius 3 is 2.76 bits per heavy atom. The highest BCUT2D eigenvalue weighted by Gasteiger charge is 2.16. The lowest BCUT2D eigenvalue weighted by atomic mass is 10.0. The third-order valence-corrected chi connectivity index (χ3v) is 2.24. The molecule has 0 spiro atoms. The third kappa shape index (κ3) is 2.86. The molecule has 0 aromatic heterocycles. The highest BCUT2D eigenvalue weighted by atomic mass is 16.5. The molecule has 0 amide bonds. The lowest BCUT2D eigenvalue weighted by molar-refractivity contribution is -0.137. The van der Waals surface area contributed by atoms with Gasteiger partial charge in [-0.05, 0) is 17.7 Å². The number of ether oxygens (including phenoxy) is 1. The van der Waals surface area contributed by atoms with Crippen molar-refractivity contribution in [3.8, 4) is 17.6 Å². The van der Waals surface area contributed by atoms with E-state index in [1.54, 1.807) is 0 Å². The molecule has 6 nitrogen and oxygen atoms in total. The average Bonchev–Trinajstić information content (AvgIpc) is 2.26. The van der Waals surface area contributed by atoms with Crippen LogP contribution in [0.4, 0.5) is 0 Å². The number of hydrogen-bond acceptors (Lipinski definition) is 5. The van der Waals surface area contributed by atoms with Crippen molar-refractivity contribution in [2.24, 2.45) is 5.73 Å². The van der Waals surface area contributed by atoms with Gasteiger partial charge in [-0.25, -0.2) is 0 Å². The van der Waals surface area contributed by atoms with E-state index in [-0.39, 0.29) is 23.5 Å². The molecule has 0 aliphatic rings. The highest BCUT2D eigenvalue weighted by molar-refractivity contribution is 5.68. The first-order valence-corrected chi connectivity index (χ1v) is 4.78. The number of nitrogens with zero attached hydrogens (tertiary/aromatic N) is 1. The van der Waals surface area contributed by atoms with E-state index in [1.807, 2.05) is 6.07 Å². The molecule has 0 radical (unpaired) electrons. The summed E-state index contributed by atoms with van der Waals surface area (Å²) in [6.45, 7) is 0. The number of aromatic hydroxyl groups is 1. The van der Waals surface area contributed by atoms with Gasteiger partial charge in [0.2, 0.25) is 0 Å². The van der Waals surface area contributed by atoms with Gasteiger partial charge in [0.1, 0.15) is 6.07 Å². The van der Waals surface area contributed by atoms with Crippen molar-refractivity contribution >= 4 is 5.97 Å². The number of hydrogen-bond donors (Lipinski definition) is 3. The quantitative estimate of drug-likeness (QED) is 0.710. The van der Waals surface area contributed by atoms with Crippen molar-refractivity contribution in [1.29, 1.82) is 5.26 Å². The van der Waals surface area contributed by atoms with Crippen LogP contribution in [0.15, 0.2) is 12.1 Å². The maximum atomic E-state index is 10.5. The van der Waals surface area contributed by atoms with Crippen molar-refractivity contribution in [3.63, 3.8) is 0 Å². The van der Waals surface area contributed by atoms with Crippen molar-refractivity contribution in [3.05, 3.63) is 23.3 Å². The van der Waals surface area contributed by atoms with E-state index < -0.39 is 12.0 Å². The number of nitriles is 1. The van der Waals surface area contributed by atoms with Gasteiger partial charge in [-0.3, -0.25) is 4.79 Å². The largest absolute Gasteiger partial charge is 0.504 e. The monoisotopic (exact) mass is 236 g/mol. The van der Waals surface area contributed by atoms with Crippen LogP contribution >= 0.6 is 0 Å². The van der Waals surface area contributed by atoms with Crippen LogP contribution in [-0.4, -0.2) is 23.3 Å². The first kappa shape index (κ1) is 12.8. The summed E-state index contributed by atoms with van der Waals surface area (Å²) in [6.07, 6.45) is -0.281. The van der Waals surface area contributed by atoms with Crippen molar-refractivity contribution < 1.29 is 19.7 Å². The van der Waals surface area contributed by atoms with Gasteiger partial charge in [0.15, 0.2) is 11.5 Å². The normalized spacial score (nSPS) is 11.6. The van der Waals surface area contributed by atoms with Crippen LogP contribution < -0.4 is 10.5 Å². The molecule has 6 heteroatoms. The van der Waals surface area contributed by atoms with E-state index in [2.05, 4.69) is 0 Å². The van der Waals surface area contributed by atoms with Crippen LogP contribution in [0.25, 0.3) is 0 Å². The minimum Gasteiger partial charge on any atom is -0.504 e. The van der Waals surface area contributed by atoms with E-state index in [9.17, 15) is 9.90 Å². The number of nitrogens with two attached hydrogens (primary N) is 1. The van der Waals surface area contributed by atoms with Crippen LogP contribution in [0, 0.1) is 11.3 Å². The first-order chi connectivity index (χ1) is 7.99. The van der Waals surface area contributed by atoms with E-state index >= 15 is 0 Å². The summed E-state index contributed by atoms with van der Waals surface area (Å²) in [5.41, 5.74) is 6.13. The molecule has 1 aromatic carbocycles. The zero-order valence-corrected chi connectivity index (χ0v) is 9.17. The van der Waals surface area contributed by atoms with Gasteiger partial charge in [-0.1, -0.05) is 0 Å². The minimum absolute atomic E-state index is 0.0544. The second-order valence-corrected chi connectivity index (χ2v) is 3.44. The Labute approximate surface area is 97.9 Å². The van der Waals surface area contributed by atoms with Gasteiger partial charge in [-0.2, -0.15) is 5.26 Å². The van der Waals surface area contributed by atoms with Crippen molar-refractivity contribution in [1.82, 2.24) is 0 Å². The smallest absolute Gasteiger partial charge is 0.305 e. The maximum absolute atomic E-state index is 10.5. The molecule has 0 aliphatic carbocycles. The topological polar surface area (TPSA) is 117 Å². The first-order valence-electron chi connectivity index (χ1n) is 4.78. The Morgan fingerprint density at radius 1 is 1.65 bits per heavy atom. The third-order valence-electron chi connectivity index (χ3n) is 2.24. The standard InChI is InChI=1S/C11H12N2O4/c1-17-11-7(5-12)2-6(3-9(11)14)8(13)4-10(15)16/h2-3,8,14H,4,13H2,1H3,(H,15,16). The second kappa shape index (κ2) is 5.18. The van der Waals surface area contributed by atoms with Gasteiger partial charge in [0.05, 0.1) is 19.1 Å². The number of phenolic OH excluding ortho intramolecular Hbond substituents is 1. The predicted octanol–water partition coefficient (Wildman–Crippen LogP) is 0.747. The number of benzene rings is 1. The molecule has 1 atom stereocenters. The van der Waals surface area contributed by atoms with Crippen LogP contribution in [0.3, 0.4) is 0 Å². The molecule has 0 saturated heterocycles. The average molecular weight is 236 g/mol. The fourth-order valence-electron chi connectivity index (χ4n) is 1.45. The summed E-state index contributed by atoms with van der Waals surface area (Å²) in [4.78, 5) is 10.5. The van der Waals surface area contributed by atoms with E-state index in [0.29, 0.717) is 5.56 Å². The Morgan fingerprint density at radius 2 is 2.29 bits per heavy atom. The fraction of sp³-hybridized carbons (Fsp3) is 0.273. The molecule has 1 aromatic rings. The van der Waals surface area contributed by atoms with Crippen LogP contribution in [0.5, 0.6) is 11.5 Å². The summed E-state index contributed by atoms with van der Waals surface area (Å²) >= 11 is 0. The number of carboxylic acids is 1. The van der Waals surface area contributed by atoms with E-state index in [1.165, 1.54) is 19.2 Å². The molecule has 0 saturated carbocycles. The van der Waals surface area contributed by atoms with Gasteiger partial charge < -0.3 is 20.7 Å². The van der Waals surface area contributed by atoms with E-state index in [4.69, 9.17) is 20.8 Å². The van der Waals surface area contributed by atoms with Gasteiger partial charge in [0.25, 0.3) is 0 Å². The minimum atomic E-state index is -1.05. The van der Waals surface area contributed by atoms with Gasteiger partial charge in [-0.15, -0.1) is 0 Å². The summed E-state index contributed by atoms with van der Waals surface area (Å²) in [5, 5.41) is 27.1. The van der Waals surface area contributed by atoms with Gasteiger partial charge >= 0.3 is 5.97 Å². The van der Waals surface area contributed by atoms with Gasteiger partial charge in [0, 0.05) is 6.04 Å². The summed E-state index contributed by atoms with van der Waals surface area (Å²) in [5.74, 6) is -1.23. The summed E-state index contributed by atoms with van der Waals surface area (Å²) < 4.78 is 4.85. The zero-order valence-electron chi connectivity index (χ0n) is 9.17. The number of methoxy groups -OCH3 is 1. The lowest BCUT2D eigenvalue weighted by Crippen LogP contribution is -2.15. The molecule has 0 bridgehead atoms. The number of carboxylic acid groups (broad SMARTS) is 1. The number of phenols is 1. The fourth-order valence-corrected chi connectivity index (χ4v) is 1.45. The highest BCUT2D eigenvalue weighted by Crippen LogP contribution is 2.33. The van der Waals surface area contributed by atoms with Crippen molar-refractivity contribution in [2.75, 3.05) is 7.11 Å². The Bertz CT molecular complexity index is 479. The Balaban J connectivity index is 3.16. The molecule has 90 valence electrons. The van der Waals surface area contributed by atoms with Crippen LogP contribution in [-0.2, 0) is 4.79 Å². The zero-order chi connectivity index (χ0) is 13.0. The van der Waals surface area contributed by atoms with E-state index in [0.717, 1.165) is 0 Å². The molecule has 1 rings (SSSR count). The van der Waals surface area contributed by atoms with Crippen molar-refractivity contribution in [2.45, 2.75) is 12.5 Å². The SMILES string of the molecule is COc1c(O)cc(C(N)CC(=O)O)cc1C#N.